The number of rotatable bonds is 7. The SMILES string of the molecule is CCN(Cc1ccccc1)C(=O)CNC(=O)c1coc(CN)c1.Cl. The summed E-state index contributed by atoms with van der Waals surface area (Å²) in [5.41, 5.74) is 6.85. The first-order valence-electron chi connectivity index (χ1n) is 7.51. The molecule has 1 aromatic heterocycles. The average Bonchev–Trinajstić information content (AvgIpc) is 3.07. The minimum Gasteiger partial charge on any atom is -0.467 e. The van der Waals surface area contributed by atoms with Gasteiger partial charge >= 0.3 is 0 Å². The van der Waals surface area contributed by atoms with Crippen LogP contribution >= 0.6 is 12.4 Å². The molecular formula is C17H22ClN3O3. The molecule has 3 N–H and O–H groups in total. The van der Waals surface area contributed by atoms with Gasteiger partial charge in [0.2, 0.25) is 5.91 Å². The number of carbonyl (C=O) groups is 2. The molecule has 2 amide bonds. The average molecular weight is 352 g/mol. The lowest BCUT2D eigenvalue weighted by Gasteiger charge is -2.21. The second-order valence-electron chi connectivity index (χ2n) is 5.08. The van der Waals surface area contributed by atoms with E-state index in [1.54, 1.807) is 11.0 Å². The number of nitrogens with zero attached hydrogens (tertiary/aromatic N) is 1. The van der Waals surface area contributed by atoms with Crippen LogP contribution < -0.4 is 11.1 Å². The van der Waals surface area contributed by atoms with Gasteiger partial charge in [-0.1, -0.05) is 30.3 Å². The monoisotopic (exact) mass is 351 g/mol. The first kappa shape index (κ1) is 19.7. The van der Waals surface area contributed by atoms with Gasteiger partial charge in [-0.2, -0.15) is 0 Å². The predicted octanol–water partition coefficient (Wildman–Crippen LogP) is 1.94. The molecule has 0 atom stereocenters. The zero-order valence-electron chi connectivity index (χ0n) is 13.5. The van der Waals surface area contributed by atoms with Crippen molar-refractivity contribution in [2.45, 2.75) is 20.0 Å². The molecule has 0 unspecified atom stereocenters. The number of likely N-dealkylation sites (N-methyl/N-ethyl adjacent to an activating group) is 1. The first-order valence-corrected chi connectivity index (χ1v) is 7.51. The molecule has 0 bridgehead atoms. The van der Waals surface area contributed by atoms with Crippen LogP contribution in [0.25, 0.3) is 0 Å². The summed E-state index contributed by atoms with van der Waals surface area (Å²) in [4.78, 5) is 25.9. The zero-order chi connectivity index (χ0) is 16.7. The third-order valence-electron chi connectivity index (χ3n) is 3.47. The molecule has 130 valence electrons. The van der Waals surface area contributed by atoms with Crippen LogP contribution in [0.3, 0.4) is 0 Å². The topological polar surface area (TPSA) is 88.6 Å². The van der Waals surface area contributed by atoms with Crippen molar-refractivity contribution in [2.24, 2.45) is 5.73 Å². The molecule has 0 saturated carbocycles. The molecule has 0 saturated heterocycles. The lowest BCUT2D eigenvalue weighted by molar-refractivity contribution is -0.130. The molecule has 6 nitrogen and oxygen atoms in total. The largest absolute Gasteiger partial charge is 0.467 e. The number of hydrogen-bond acceptors (Lipinski definition) is 4. The summed E-state index contributed by atoms with van der Waals surface area (Å²) in [6.45, 7) is 3.18. The van der Waals surface area contributed by atoms with Crippen molar-refractivity contribution >= 4 is 24.2 Å². The fourth-order valence-corrected chi connectivity index (χ4v) is 2.16. The van der Waals surface area contributed by atoms with Crippen LogP contribution in [0.5, 0.6) is 0 Å². The predicted molar refractivity (Wildman–Crippen MR) is 93.7 cm³/mol. The standard InChI is InChI=1S/C17H21N3O3.ClH/c1-2-20(11-13-6-4-3-5-7-13)16(21)10-19-17(22)14-8-15(9-18)23-12-14;/h3-8,12H,2,9-11,18H2,1H3,(H,19,22);1H. The van der Waals surface area contributed by atoms with Gasteiger partial charge in [0.25, 0.3) is 5.91 Å². The van der Waals surface area contributed by atoms with Crippen LogP contribution in [-0.2, 0) is 17.9 Å². The Hall–Kier alpha value is -2.31. The number of nitrogens with two attached hydrogens (primary N) is 1. The highest BCUT2D eigenvalue weighted by Crippen LogP contribution is 2.07. The Morgan fingerprint density at radius 3 is 2.54 bits per heavy atom. The Bertz CT molecular complexity index is 658. The lowest BCUT2D eigenvalue weighted by Crippen LogP contribution is -2.39. The second-order valence-corrected chi connectivity index (χ2v) is 5.08. The highest BCUT2D eigenvalue weighted by molar-refractivity contribution is 5.96. The van der Waals surface area contributed by atoms with E-state index in [1.165, 1.54) is 6.26 Å². The summed E-state index contributed by atoms with van der Waals surface area (Å²) in [5, 5.41) is 2.61. The second kappa shape index (κ2) is 9.75. The number of furan rings is 1. The van der Waals surface area contributed by atoms with E-state index in [4.69, 9.17) is 10.2 Å². The van der Waals surface area contributed by atoms with Gasteiger partial charge in [0.05, 0.1) is 18.7 Å². The van der Waals surface area contributed by atoms with Crippen molar-refractivity contribution in [1.82, 2.24) is 10.2 Å². The van der Waals surface area contributed by atoms with Gasteiger partial charge in [-0.15, -0.1) is 12.4 Å². The van der Waals surface area contributed by atoms with Crippen molar-refractivity contribution in [1.29, 1.82) is 0 Å². The Morgan fingerprint density at radius 1 is 1.25 bits per heavy atom. The van der Waals surface area contributed by atoms with Crippen LogP contribution in [0, 0.1) is 0 Å². The Balaban J connectivity index is 0.00000288. The van der Waals surface area contributed by atoms with Crippen LogP contribution in [-0.4, -0.2) is 29.8 Å². The lowest BCUT2D eigenvalue weighted by atomic mass is 10.2. The summed E-state index contributed by atoms with van der Waals surface area (Å²) >= 11 is 0. The van der Waals surface area contributed by atoms with Gasteiger partial charge in [-0.05, 0) is 18.6 Å². The summed E-state index contributed by atoms with van der Waals surface area (Å²) in [6, 6.07) is 11.3. The van der Waals surface area contributed by atoms with E-state index in [0.29, 0.717) is 24.4 Å². The number of halogens is 1. The van der Waals surface area contributed by atoms with E-state index in [1.807, 2.05) is 37.3 Å². The van der Waals surface area contributed by atoms with Gasteiger partial charge in [-0.25, -0.2) is 0 Å². The summed E-state index contributed by atoms with van der Waals surface area (Å²) in [5.74, 6) is 0.0468. The highest BCUT2D eigenvalue weighted by atomic mass is 35.5. The quantitative estimate of drug-likeness (QED) is 0.797. The Kier molecular flexibility index (Phi) is 8.01. The van der Waals surface area contributed by atoms with E-state index in [2.05, 4.69) is 5.32 Å². The molecule has 7 heteroatoms. The third-order valence-corrected chi connectivity index (χ3v) is 3.47. The molecular weight excluding hydrogens is 330 g/mol. The minimum atomic E-state index is -0.349. The number of nitrogens with one attached hydrogen (secondary N) is 1. The molecule has 24 heavy (non-hydrogen) atoms. The molecule has 0 aliphatic rings. The normalized spacial score (nSPS) is 9.92. The minimum absolute atomic E-state index is 0. The molecule has 2 rings (SSSR count). The number of hydrogen-bond donors (Lipinski definition) is 2. The van der Waals surface area contributed by atoms with Crippen molar-refractivity contribution < 1.29 is 14.0 Å². The third kappa shape index (κ3) is 5.40. The van der Waals surface area contributed by atoms with E-state index in [-0.39, 0.29) is 37.3 Å². The maximum atomic E-state index is 12.2. The van der Waals surface area contributed by atoms with Gasteiger partial charge < -0.3 is 20.4 Å². The van der Waals surface area contributed by atoms with E-state index >= 15 is 0 Å². The fraction of sp³-hybridized carbons (Fsp3) is 0.294. The van der Waals surface area contributed by atoms with E-state index in [9.17, 15) is 9.59 Å². The molecule has 2 aromatic rings. The van der Waals surface area contributed by atoms with Gasteiger partial charge in [0.1, 0.15) is 12.0 Å². The van der Waals surface area contributed by atoms with Crippen molar-refractivity contribution in [3.63, 3.8) is 0 Å². The first-order chi connectivity index (χ1) is 11.1. The molecule has 0 spiro atoms. The Morgan fingerprint density at radius 2 is 1.96 bits per heavy atom. The number of carbonyl (C=O) groups excluding carboxylic acids is 2. The summed E-state index contributed by atoms with van der Waals surface area (Å²) in [7, 11) is 0. The van der Waals surface area contributed by atoms with Gasteiger partial charge in [-0.3, -0.25) is 9.59 Å². The van der Waals surface area contributed by atoms with Crippen LogP contribution in [0.1, 0.15) is 28.6 Å². The summed E-state index contributed by atoms with van der Waals surface area (Å²) < 4.78 is 5.11. The van der Waals surface area contributed by atoms with E-state index < -0.39 is 0 Å². The van der Waals surface area contributed by atoms with Crippen molar-refractivity contribution in [2.75, 3.05) is 13.1 Å². The number of benzene rings is 1. The number of amides is 2. The fourth-order valence-electron chi connectivity index (χ4n) is 2.16. The molecule has 1 heterocycles. The van der Waals surface area contributed by atoms with Crippen molar-refractivity contribution in [3.8, 4) is 0 Å². The van der Waals surface area contributed by atoms with Crippen LogP contribution in [0.4, 0.5) is 0 Å². The van der Waals surface area contributed by atoms with Crippen molar-refractivity contribution in [3.05, 3.63) is 59.5 Å². The molecule has 0 aliphatic heterocycles. The van der Waals surface area contributed by atoms with Crippen LogP contribution in [0.2, 0.25) is 0 Å². The summed E-state index contributed by atoms with van der Waals surface area (Å²) in [6.07, 6.45) is 1.34. The van der Waals surface area contributed by atoms with Crippen LogP contribution in [0.15, 0.2) is 47.1 Å². The van der Waals surface area contributed by atoms with Gasteiger partial charge in [0, 0.05) is 13.1 Å². The molecule has 0 aliphatic carbocycles. The maximum Gasteiger partial charge on any atom is 0.254 e. The highest BCUT2D eigenvalue weighted by Gasteiger charge is 2.15. The Labute approximate surface area is 147 Å². The molecule has 1 aromatic carbocycles. The molecule has 0 radical (unpaired) electrons. The zero-order valence-corrected chi connectivity index (χ0v) is 14.3. The molecule has 0 fully saturated rings. The van der Waals surface area contributed by atoms with Gasteiger partial charge in [0.15, 0.2) is 0 Å². The smallest absolute Gasteiger partial charge is 0.254 e. The van der Waals surface area contributed by atoms with E-state index in [0.717, 1.165) is 5.56 Å². The maximum absolute atomic E-state index is 12.2.